The Kier molecular flexibility index (Phi) is 9.14. The maximum absolute atomic E-state index is 2.33. The van der Waals surface area contributed by atoms with E-state index in [1.165, 1.54) is 50.1 Å². The average molecular weight is 634 g/mol. The SMILES string of the molecule is Cc1c(Cn2cc[n+](Cc3ccccc3)c2)c(C)c(Cn2cc[n+](Cc3ccccc3)c2)c(C)c1Cn1cc[n+](Cc2ccccc2)c1. The Labute approximate surface area is 284 Å². The largest absolute Gasteiger partial charge is 0.244 e. The third-order valence-corrected chi connectivity index (χ3v) is 9.60. The van der Waals surface area contributed by atoms with Gasteiger partial charge in [0.2, 0.25) is 19.0 Å². The maximum atomic E-state index is 2.33. The van der Waals surface area contributed by atoms with Gasteiger partial charge in [-0.1, -0.05) is 91.0 Å². The van der Waals surface area contributed by atoms with Crippen molar-refractivity contribution in [2.24, 2.45) is 0 Å². The summed E-state index contributed by atoms with van der Waals surface area (Å²) in [6.07, 6.45) is 19.9. The number of hydrogen-bond donors (Lipinski definition) is 0. The van der Waals surface area contributed by atoms with Crippen LogP contribution < -0.4 is 13.7 Å². The first kappa shape index (κ1) is 31.1. The second kappa shape index (κ2) is 14.1. The monoisotopic (exact) mass is 633 g/mol. The van der Waals surface area contributed by atoms with Gasteiger partial charge in [0.25, 0.3) is 0 Å². The molecule has 0 amide bonds. The van der Waals surface area contributed by atoms with Gasteiger partial charge in [-0.15, -0.1) is 0 Å². The van der Waals surface area contributed by atoms with Gasteiger partial charge in [0.1, 0.15) is 76.4 Å². The highest BCUT2D eigenvalue weighted by molar-refractivity contribution is 5.51. The van der Waals surface area contributed by atoms with Crippen LogP contribution in [0.25, 0.3) is 0 Å². The Morgan fingerprint density at radius 3 is 0.938 bits per heavy atom. The molecule has 0 atom stereocenters. The lowest BCUT2D eigenvalue weighted by Crippen LogP contribution is -2.31. The molecule has 4 aromatic carbocycles. The third kappa shape index (κ3) is 7.23. The molecular formula is C42H45N6+3. The lowest BCUT2D eigenvalue weighted by molar-refractivity contribution is -0.688. The van der Waals surface area contributed by atoms with Crippen molar-refractivity contribution in [3.63, 3.8) is 0 Å². The Hall–Kier alpha value is -5.49. The van der Waals surface area contributed by atoms with Crippen molar-refractivity contribution >= 4 is 0 Å². The Morgan fingerprint density at radius 1 is 0.396 bits per heavy atom. The van der Waals surface area contributed by atoms with E-state index in [1.807, 2.05) is 0 Å². The van der Waals surface area contributed by atoms with Crippen LogP contribution in [0.5, 0.6) is 0 Å². The number of rotatable bonds is 12. The molecule has 6 heteroatoms. The molecule has 0 N–H and O–H groups in total. The first-order valence-corrected chi connectivity index (χ1v) is 16.8. The van der Waals surface area contributed by atoms with Crippen LogP contribution in [-0.4, -0.2) is 13.7 Å². The van der Waals surface area contributed by atoms with Gasteiger partial charge in [-0.25, -0.2) is 27.4 Å². The van der Waals surface area contributed by atoms with Gasteiger partial charge in [0.15, 0.2) is 0 Å². The Morgan fingerprint density at radius 2 is 0.667 bits per heavy atom. The molecule has 0 aliphatic carbocycles. The summed E-state index contributed by atoms with van der Waals surface area (Å²) < 4.78 is 13.8. The normalized spacial score (nSPS) is 11.3. The minimum atomic E-state index is 0.832. The average Bonchev–Trinajstić information content (AvgIpc) is 3.87. The van der Waals surface area contributed by atoms with E-state index < -0.39 is 0 Å². The number of nitrogens with zero attached hydrogens (tertiary/aromatic N) is 6. The molecule has 7 aromatic rings. The van der Waals surface area contributed by atoms with E-state index in [9.17, 15) is 0 Å². The summed E-state index contributed by atoms with van der Waals surface area (Å²) in [5.74, 6) is 0. The quantitative estimate of drug-likeness (QED) is 0.144. The highest BCUT2D eigenvalue weighted by atomic mass is 15.1. The molecule has 0 aliphatic rings. The molecule has 0 fully saturated rings. The molecule has 3 heterocycles. The van der Waals surface area contributed by atoms with Gasteiger partial charge < -0.3 is 0 Å². The Bertz CT molecular complexity index is 1840. The highest BCUT2D eigenvalue weighted by Crippen LogP contribution is 2.29. The van der Waals surface area contributed by atoms with Crippen molar-refractivity contribution < 1.29 is 13.7 Å². The molecule has 0 aliphatic heterocycles. The van der Waals surface area contributed by atoms with Crippen molar-refractivity contribution in [3.05, 3.63) is 197 Å². The summed E-state index contributed by atoms with van der Waals surface area (Å²) in [6.45, 7) is 12.1. The van der Waals surface area contributed by atoms with Crippen LogP contribution in [0.3, 0.4) is 0 Å². The molecule has 240 valence electrons. The van der Waals surface area contributed by atoms with Crippen LogP contribution in [0.4, 0.5) is 0 Å². The van der Waals surface area contributed by atoms with Gasteiger partial charge in [-0.2, -0.15) is 0 Å². The third-order valence-electron chi connectivity index (χ3n) is 9.60. The van der Waals surface area contributed by atoms with Gasteiger partial charge in [-0.05, 0) is 54.2 Å². The second-order valence-corrected chi connectivity index (χ2v) is 13.0. The molecular weight excluding hydrogens is 589 g/mol. The number of hydrogen-bond acceptors (Lipinski definition) is 0. The first-order chi connectivity index (χ1) is 23.5. The molecule has 3 aromatic heterocycles. The van der Waals surface area contributed by atoms with Gasteiger partial charge >= 0.3 is 0 Å². The van der Waals surface area contributed by atoms with Crippen molar-refractivity contribution in [1.29, 1.82) is 0 Å². The molecule has 6 nitrogen and oxygen atoms in total. The van der Waals surface area contributed by atoms with Gasteiger partial charge in [-0.3, -0.25) is 0 Å². The van der Waals surface area contributed by atoms with Crippen LogP contribution in [0.1, 0.15) is 50.1 Å². The zero-order chi connectivity index (χ0) is 32.9. The van der Waals surface area contributed by atoms with Crippen LogP contribution >= 0.6 is 0 Å². The van der Waals surface area contributed by atoms with Gasteiger partial charge in [0.05, 0.1) is 0 Å². The van der Waals surface area contributed by atoms with Crippen LogP contribution in [0, 0.1) is 20.8 Å². The van der Waals surface area contributed by atoms with Crippen molar-refractivity contribution in [1.82, 2.24) is 13.7 Å². The molecule has 0 saturated heterocycles. The molecule has 7 rings (SSSR count). The van der Waals surface area contributed by atoms with E-state index in [0.29, 0.717) is 0 Å². The fourth-order valence-electron chi connectivity index (χ4n) is 6.91. The zero-order valence-corrected chi connectivity index (χ0v) is 28.3. The van der Waals surface area contributed by atoms with Crippen LogP contribution in [0.2, 0.25) is 0 Å². The summed E-state index contributed by atoms with van der Waals surface area (Å²) in [5, 5.41) is 0. The van der Waals surface area contributed by atoms with E-state index in [4.69, 9.17) is 0 Å². The van der Waals surface area contributed by atoms with Gasteiger partial charge in [0, 0.05) is 16.7 Å². The lowest BCUT2D eigenvalue weighted by atomic mass is 9.87. The molecule has 0 radical (unpaired) electrons. The molecule has 48 heavy (non-hydrogen) atoms. The topological polar surface area (TPSA) is 26.4 Å². The lowest BCUT2D eigenvalue weighted by Gasteiger charge is -2.20. The molecule has 0 unspecified atom stereocenters. The van der Waals surface area contributed by atoms with E-state index in [1.54, 1.807) is 0 Å². The number of aromatic nitrogens is 6. The molecule has 0 spiro atoms. The zero-order valence-electron chi connectivity index (χ0n) is 28.3. The van der Waals surface area contributed by atoms with E-state index in [2.05, 4.69) is 195 Å². The summed E-state index contributed by atoms with van der Waals surface area (Å²) >= 11 is 0. The number of imidazole rings is 3. The summed E-state index contributed by atoms with van der Waals surface area (Å²) in [6, 6.07) is 32.0. The fourth-order valence-corrected chi connectivity index (χ4v) is 6.91. The Balaban J connectivity index is 1.19. The van der Waals surface area contributed by atoms with Crippen molar-refractivity contribution in [3.8, 4) is 0 Å². The molecule has 0 bridgehead atoms. The second-order valence-electron chi connectivity index (χ2n) is 13.0. The standard InChI is InChI=1S/C42H45N6/c1-34-40(28-46-22-19-43(31-46)25-37-13-7-4-8-14-37)35(2)42(30-48-24-21-45(33-48)27-39-17-11-6-12-18-39)36(3)41(34)29-47-23-20-44(32-47)26-38-15-9-5-10-16-38/h4-24,31-33H,25-30H2,1-3H3/q+3. The van der Waals surface area contributed by atoms with E-state index >= 15 is 0 Å². The van der Waals surface area contributed by atoms with E-state index in [0.717, 1.165) is 39.3 Å². The molecule has 0 saturated carbocycles. The van der Waals surface area contributed by atoms with Crippen molar-refractivity contribution in [2.75, 3.05) is 0 Å². The first-order valence-electron chi connectivity index (χ1n) is 16.8. The highest BCUT2D eigenvalue weighted by Gasteiger charge is 2.22. The smallest absolute Gasteiger partial charge is 0.233 e. The summed E-state index contributed by atoms with van der Waals surface area (Å²) in [5.41, 5.74) is 12.3. The predicted molar refractivity (Wildman–Crippen MR) is 188 cm³/mol. The van der Waals surface area contributed by atoms with Crippen molar-refractivity contribution in [2.45, 2.75) is 60.0 Å². The summed E-state index contributed by atoms with van der Waals surface area (Å²) in [7, 11) is 0. The maximum Gasteiger partial charge on any atom is 0.244 e. The predicted octanol–water partition coefficient (Wildman–Crippen LogP) is 6.17. The minimum absolute atomic E-state index is 0.832. The summed E-state index contributed by atoms with van der Waals surface area (Å²) in [4.78, 5) is 0. The van der Waals surface area contributed by atoms with Crippen LogP contribution in [0.15, 0.2) is 147 Å². The van der Waals surface area contributed by atoms with E-state index in [-0.39, 0.29) is 0 Å². The fraction of sp³-hybridized carbons (Fsp3) is 0.214. The number of benzene rings is 4. The minimum Gasteiger partial charge on any atom is -0.233 e. The van der Waals surface area contributed by atoms with Crippen LogP contribution in [-0.2, 0) is 39.3 Å².